The lowest BCUT2D eigenvalue weighted by Gasteiger charge is -2.27. The molecule has 33 heavy (non-hydrogen) atoms. The fourth-order valence-electron chi connectivity index (χ4n) is 4.27. The Balaban J connectivity index is 0.00000306. The maximum Gasteiger partial charge on any atom is 0.191 e. The number of aliphatic imine (C=N–C) groups is 1. The Morgan fingerprint density at radius 2 is 2.00 bits per heavy atom. The van der Waals surface area contributed by atoms with Crippen molar-refractivity contribution in [1.82, 2.24) is 24.9 Å². The van der Waals surface area contributed by atoms with Crippen LogP contribution in [0.2, 0.25) is 0 Å². The Morgan fingerprint density at radius 3 is 2.76 bits per heavy atom. The number of benzene rings is 1. The lowest BCUT2D eigenvalue weighted by Crippen LogP contribution is -2.39. The number of hydrogen-bond donors (Lipinski definition) is 2. The first-order valence-corrected chi connectivity index (χ1v) is 11.6. The molecule has 178 valence electrons. The number of fused-ring (bicyclic) bond motifs is 1. The molecule has 7 nitrogen and oxygen atoms in total. The van der Waals surface area contributed by atoms with Gasteiger partial charge in [0.15, 0.2) is 5.96 Å². The fourth-order valence-corrected chi connectivity index (χ4v) is 4.27. The summed E-state index contributed by atoms with van der Waals surface area (Å²) in [4.78, 5) is 12.2. The number of halogens is 1. The van der Waals surface area contributed by atoms with Crippen LogP contribution in [0.5, 0.6) is 5.75 Å². The number of aromatic nitrogens is 2. The van der Waals surface area contributed by atoms with Gasteiger partial charge < -0.3 is 19.8 Å². The van der Waals surface area contributed by atoms with Gasteiger partial charge in [-0.25, -0.2) is 4.98 Å². The average Bonchev–Trinajstić information content (AvgIpc) is 3.49. The van der Waals surface area contributed by atoms with Crippen LogP contribution in [0.4, 0.5) is 0 Å². The molecule has 1 atom stereocenters. The predicted octanol–water partition coefficient (Wildman–Crippen LogP) is 3.90. The first kappa shape index (κ1) is 25.3. The van der Waals surface area contributed by atoms with E-state index in [-0.39, 0.29) is 30.0 Å². The van der Waals surface area contributed by atoms with Gasteiger partial charge in [-0.2, -0.15) is 0 Å². The second-order valence-electron chi connectivity index (χ2n) is 8.13. The van der Waals surface area contributed by atoms with Gasteiger partial charge >= 0.3 is 0 Å². The smallest absolute Gasteiger partial charge is 0.191 e. The van der Waals surface area contributed by atoms with Crippen LogP contribution < -0.4 is 15.4 Å². The minimum absolute atomic E-state index is 0. The lowest BCUT2D eigenvalue weighted by molar-refractivity contribution is 0.251. The van der Waals surface area contributed by atoms with Crippen LogP contribution in [0.25, 0.3) is 5.65 Å². The van der Waals surface area contributed by atoms with E-state index in [4.69, 9.17) is 9.73 Å². The summed E-state index contributed by atoms with van der Waals surface area (Å²) in [7, 11) is 1.72. The molecule has 0 spiro atoms. The van der Waals surface area contributed by atoms with Crippen LogP contribution in [-0.4, -0.2) is 60.1 Å². The van der Waals surface area contributed by atoms with Crippen LogP contribution in [-0.2, 0) is 6.42 Å². The van der Waals surface area contributed by atoms with Gasteiger partial charge in [0.05, 0.1) is 25.4 Å². The number of likely N-dealkylation sites (tertiary alicyclic amines) is 1. The highest BCUT2D eigenvalue weighted by molar-refractivity contribution is 14.0. The summed E-state index contributed by atoms with van der Waals surface area (Å²) in [5, 5.41) is 6.87. The monoisotopic (exact) mass is 562 g/mol. The minimum atomic E-state index is 0. The van der Waals surface area contributed by atoms with Crippen molar-refractivity contribution in [3.05, 3.63) is 66.1 Å². The molecular formula is C25H35IN6O. The fraction of sp³-hybridized carbons (Fsp3) is 0.440. The van der Waals surface area contributed by atoms with Crippen LogP contribution in [0.1, 0.15) is 37.1 Å². The second-order valence-corrected chi connectivity index (χ2v) is 8.13. The molecule has 1 unspecified atom stereocenters. The third kappa shape index (κ3) is 6.83. The predicted molar refractivity (Wildman–Crippen MR) is 145 cm³/mol. The van der Waals surface area contributed by atoms with Gasteiger partial charge in [0.25, 0.3) is 0 Å². The standard InChI is InChI=1S/C25H34N6O.HI/c1-3-26-25(27-13-12-21-19-31-16-5-4-11-24(31)29-21)28-18-23(30-14-6-7-15-30)20-9-8-10-22(17-20)32-2;/h4-5,8-11,16-17,19,23H,3,6-7,12-15,18H2,1-2H3,(H2,26,27,28);1H. The molecule has 2 aromatic heterocycles. The van der Waals surface area contributed by atoms with Crippen molar-refractivity contribution in [3.63, 3.8) is 0 Å². The molecule has 8 heteroatoms. The number of imidazole rings is 1. The summed E-state index contributed by atoms with van der Waals surface area (Å²) in [6.45, 7) is 6.65. The molecule has 0 saturated carbocycles. The molecular weight excluding hydrogens is 527 g/mol. The number of nitrogens with one attached hydrogen (secondary N) is 2. The molecule has 3 heterocycles. The van der Waals surface area contributed by atoms with Crippen molar-refractivity contribution in [2.45, 2.75) is 32.2 Å². The minimum Gasteiger partial charge on any atom is -0.497 e. The average molecular weight is 563 g/mol. The molecule has 1 aliphatic rings. The molecule has 0 radical (unpaired) electrons. The highest BCUT2D eigenvalue weighted by atomic mass is 127. The number of rotatable bonds is 9. The number of methoxy groups -OCH3 is 1. The van der Waals surface area contributed by atoms with Crippen molar-refractivity contribution < 1.29 is 4.74 Å². The number of hydrogen-bond acceptors (Lipinski definition) is 4. The van der Waals surface area contributed by atoms with Crippen LogP contribution >= 0.6 is 24.0 Å². The van der Waals surface area contributed by atoms with E-state index in [1.807, 2.05) is 30.5 Å². The SMILES string of the molecule is CCNC(=NCC(c1cccc(OC)c1)N1CCCC1)NCCc1cn2ccccc2n1.I. The summed E-state index contributed by atoms with van der Waals surface area (Å²) in [6.07, 6.45) is 7.47. The quantitative estimate of drug-likeness (QED) is 0.236. The summed E-state index contributed by atoms with van der Waals surface area (Å²) in [5.74, 6) is 1.75. The van der Waals surface area contributed by atoms with Crippen molar-refractivity contribution in [2.75, 3.05) is 39.8 Å². The van der Waals surface area contributed by atoms with Gasteiger partial charge in [-0.1, -0.05) is 18.2 Å². The molecule has 4 rings (SSSR count). The van der Waals surface area contributed by atoms with Gasteiger partial charge in [0.1, 0.15) is 11.4 Å². The highest BCUT2D eigenvalue weighted by Crippen LogP contribution is 2.27. The molecule has 1 saturated heterocycles. The van der Waals surface area contributed by atoms with E-state index in [2.05, 4.69) is 56.2 Å². The van der Waals surface area contributed by atoms with Crippen molar-refractivity contribution in [2.24, 2.45) is 4.99 Å². The molecule has 2 N–H and O–H groups in total. The van der Waals surface area contributed by atoms with E-state index in [9.17, 15) is 0 Å². The first-order valence-electron chi connectivity index (χ1n) is 11.6. The maximum atomic E-state index is 5.46. The first-order chi connectivity index (χ1) is 15.8. The van der Waals surface area contributed by atoms with Crippen LogP contribution in [0.15, 0.2) is 59.9 Å². The zero-order valence-corrected chi connectivity index (χ0v) is 21.9. The highest BCUT2D eigenvalue weighted by Gasteiger charge is 2.23. The summed E-state index contributed by atoms with van der Waals surface area (Å²) in [6, 6.07) is 14.7. The van der Waals surface area contributed by atoms with E-state index in [0.717, 1.165) is 55.7 Å². The zero-order valence-electron chi connectivity index (χ0n) is 19.5. The van der Waals surface area contributed by atoms with Gasteiger partial charge in [0, 0.05) is 31.9 Å². The van der Waals surface area contributed by atoms with Gasteiger partial charge in [-0.3, -0.25) is 9.89 Å². The zero-order chi connectivity index (χ0) is 22.2. The third-order valence-electron chi connectivity index (χ3n) is 5.91. The van der Waals surface area contributed by atoms with Crippen molar-refractivity contribution in [1.29, 1.82) is 0 Å². The molecule has 1 fully saturated rings. The maximum absolute atomic E-state index is 5.46. The Labute approximate surface area is 213 Å². The van der Waals surface area contributed by atoms with E-state index in [0.29, 0.717) is 6.54 Å². The summed E-state index contributed by atoms with van der Waals surface area (Å²) >= 11 is 0. The molecule has 1 aromatic carbocycles. The largest absolute Gasteiger partial charge is 0.497 e. The topological polar surface area (TPSA) is 66.2 Å². The van der Waals surface area contributed by atoms with Crippen molar-refractivity contribution in [3.8, 4) is 5.75 Å². The number of nitrogens with zero attached hydrogens (tertiary/aromatic N) is 4. The number of pyridine rings is 1. The molecule has 0 bridgehead atoms. The van der Waals surface area contributed by atoms with Crippen LogP contribution in [0, 0.1) is 0 Å². The summed E-state index contributed by atoms with van der Waals surface area (Å²) < 4.78 is 7.52. The molecule has 0 amide bonds. The van der Waals surface area contributed by atoms with E-state index in [1.165, 1.54) is 18.4 Å². The Morgan fingerprint density at radius 1 is 1.15 bits per heavy atom. The van der Waals surface area contributed by atoms with Gasteiger partial charge in [0.2, 0.25) is 0 Å². The molecule has 3 aromatic rings. The Kier molecular flexibility index (Phi) is 9.80. The third-order valence-corrected chi connectivity index (χ3v) is 5.91. The van der Waals surface area contributed by atoms with Crippen molar-refractivity contribution >= 4 is 35.6 Å². The number of guanidine groups is 1. The lowest BCUT2D eigenvalue weighted by atomic mass is 10.1. The number of ether oxygens (including phenoxy) is 1. The Hall–Kier alpha value is -2.33. The molecule has 0 aliphatic carbocycles. The van der Waals surface area contributed by atoms with Gasteiger partial charge in [-0.05, 0) is 62.7 Å². The second kappa shape index (κ2) is 12.8. The van der Waals surface area contributed by atoms with Gasteiger partial charge in [-0.15, -0.1) is 24.0 Å². The summed E-state index contributed by atoms with van der Waals surface area (Å²) in [5.41, 5.74) is 3.32. The normalized spacial score (nSPS) is 15.3. The van der Waals surface area contributed by atoms with E-state index >= 15 is 0 Å². The van der Waals surface area contributed by atoms with E-state index < -0.39 is 0 Å². The van der Waals surface area contributed by atoms with E-state index in [1.54, 1.807) is 7.11 Å². The Bertz CT molecular complexity index is 997. The molecule has 1 aliphatic heterocycles. The van der Waals surface area contributed by atoms with Crippen LogP contribution in [0.3, 0.4) is 0 Å².